The predicted molar refractivity (Wildman–Crippen MR) is 45.5 cm³/mol. The molecule has 2 rings (SSSR count). The van der Waals surface area contributed by atoms with Gasteiger partial charge in [0.05, 0.1) is 12.7 Å². The smallest absolute Gasteiger partial charge is 0.227 e. The summed E-state index contributed by atoms with van der Waals surface area (Å²) in [4.78, 5) is 11.9. The van der Waals surface area contributed by atoms with Gasteiger partial charge in [0.1, 0.15) is 0 Å². The van der Waals surface area contributed by atoms with E-state index in [1.807, 2.05) is 0 Å². The number of aromatic nitrogens is 2. The first-order valence-corrected chi connectivity index (χ1v) is 3.82. The Morgan fingerprint density at radius 1 is 1.50 bits per heavy atom. The third kappa shape index (κ3) is 1.04. The van der Waals surface area contributed by atoms with Gasteiger partial charge < -0.3 is 4.74 Å². The monoisotopic (exact) mass is 183 g/mol. The van der Waals surface area contributed by atoms with Crippen molar-refractivity contribution in [3.63, 3.8) is 0 Å². The zero-order chi connectivity index (χ0) is 8.55. The third-order valence-electron chi connectivity index (χ3n) is 1.62. The van der Waals surface area contributed by atoms with Crippen LogP contribution in [0.2, 0.25) is 5.28 Å². The first-order valence-electron chi connectivity index (χ1n) is 3.44. The molecule has 0 bridgehead atoms. The lowest BCUT2D eigenvalue weighted by atomic mass is 10.2. The lowest BCUT2D eigenvalue weighted by Gasteiger charge is -2.03. The van der Waals surface area contributed by atoms with Crippen LogP contribution in [0.15, 0.2) is 4.99 Å². The van der Waals surface area contributed by atoms with Crippen molar-refractivity contribution in [1.29, 1.82) is 0 Å². The first kappa shape index (κ1) is 7.49. The van der Waals surface area contributed by atoms with Gasteiger partial charge in [0, 0.05) is 12.6 Å². The van der Waals surface area contributed by atoms with Crippen LogP contribution in [-0.2, 0) is 6.42 Å². The number of hydrogen-bond acceptors (Lipinski definition) is 4. The molecule has 0 atom stereocenters. The van der Waals surface area contributed by atoms with Crippen LogP contribution in [0.25, 0.3) is 0 Å². The van der Waals surface area contributed by atoms with E-state index in [1.54, 1.807) is 13.3 Å². The van der Waals surface area contributed by atoms with Gasteiger partial charge in [-0.3, -0.25) is 0 Å². The predicted octanol–water partition coefficient (Wildman–Crippen LogP) is 1.40. The Labute approximate surface area is 74.3 Å². The fraction of sp³-hybridized carbons (Fsp3) is 0.286. The van der Waals surface area contributed by atoms with E-state index in [-0.39, 0.29) is 5.28 Å². The van der Waals surface area contributed by atoms with E-state index >= 15 is 0 Å². The first-order chi connectivity index (χ1) is 5.81. The molecule has 1 aromatic rings. The SMILES string of the molecule is COc1nc(Cl)nc2c1CC=N2. The molecule has 5 heteroatoms. The number of methoxy groups -OCH3 is 1. The minimum absolute atomic E-state index is 0.171. The van der Waals surface area contributed by atoms with Crippen LogP contribution in [0.4, 0.5) is 5.82 Å². The van der Waals surface area contributed by atoms with Crippen molar-refractivity contribution in [2.24, 2.45) is 4.99 Å². The highest BCUT2D eigenvalue weighted by Crippen LogP contribution is 2.29. The van der Waals surface area contributed by atoms with E-state index in [9.17, 15) is 0 Å². The van der Waals surface area contributed by atoms with Gasteiger partial charge in [-0.1, -0.05) is 0 Å². The minimum atomic E-state index is 0.171. The zero-order valence-corrected chi connectivity index (χ0v) is 7.17. The standard InChI is InChI=1S/C7H6ClN3O/c1-12-6-4-2-3-9-5(4)10-7(8)11-6/h3H,2H2,1H3. The van der Waals surface area contributed by atoms with E-state index in [0.29, 0.717) is 11.7 Å². The van der Waals surface area contributed by atoms with Gasteiger partial charge in [-0.05, 0) is 11.6 Å². The van der Waals surface area contributed by atoms with Crippen molar-refractivity contribution >= 4 is 23.6 Å². The minimum Gasteiger partial charge on any atom is -0.481 e. The number of aliphatic imine (C=N–C) groups is 1. The maximum atomic E-state index is 5.63. The van der Waals surface area contributed by atoms with Gasteiger partial charge in [0.25, 0.3) is 0 Å². The maximum Gasteiger partial charge on any atom is 0.227 e. The molecule has 0 saturated carbocycles. The summed E-state index contributed by atoms with van der Waals surface area (Å²) >= 11 is 5.63. The van der Waals surface area contributed by atoms with Crippen molar-refractivity contribution in [3.8, 4) is 5.88 Å². The molecule has 0 amide bonds. The topological polar surface area (TPSA) is 47.4 Å². The Bertz CT molecular complexity index is 351. The summed E-state index contributed by atoms with van der Waals surface area (Å²) in [5, 5.41) is 0.171. The summed E-state index contributed by atoms with van der Waals surface area (Å²) in [6, 6.07) is 0. The molecule has 0 spiro atoms. The van der Waals surface area contributed by atoms with Crippen LogP contribution in [0.1, 0.15) is 5.56 Å². The molecule has 0 aliphatic carbocycles. The fourth-order valence-electron chi connectivity index (χ4n) is 1.10. The second-order valence-electron chi connectivity index (χ2n) is 2.32. The maximum absolute atomic E-state index is 5.63. The largest absolute Gasteiger partial charge is 0.481 e. The molecular formula is C7H6ClN3O. The molecule has 0 fully saturated rings. The Kier molecular flexibility index (Phi) is 1.69. The van der Waals surface area contributed by atoms with Crippen LogP contribution in [-0.4, -0.2) is 23.3 Å². The fourth-order valence-corrected chi connectivity index (χ4v) is 1.26. The van der Waals surface area contributed by atoms with Crippen molar-refractivity contribution in [2.45, 2.75) is 6.42 Å². The second kappa shape index (κ2) is 2.71. The van der Waals surface area contributed by atoms with E-state index in [2.05, 4.69) is 15.0 Å². The molecular weight excluding hydrogens is 178 g/mol. The zero-order valence-electron chi connectivity index (χ0n) is 6.41. The van der Waals surface area contributed by atoms with E-state index in [0.717, 1.165) is 12.0 Å². The quantitative estimate of drug-likeness (QED) is 0.619. The normalized spacial score (nSPS) is 13.2. The number of ether oxygens (including phenoxy) is 1. The lowest BCUT2D eigenvalue weighted by molar-refractivity contribution is 0.393. The highest BCUT2D eigenvalue weighted by molar-refractivity contribution is 6.28. The third-order valence-corrected chi connectivity index (χ3v) is 1.79. The molecule has 1 aliphatic rings. The van der Waals surface area contributed by atoms with E-state index in [1.165, 1.54) is 0 Å². The molecule has 62 valence electrons. The van der Waals surface area contributed by atoms with Crippen molar-refractivity contribution in [1.82, 2.24) is 9.97 Å². The Hall–Kier alpha value is -1.16. The van der Waals surface area contributed by atoms with Gasteiger partial charge >= 0.3 is 0 Å². The molecule has 12 heavy (non-hydrogen) atoms. The van der Waals surface area contributed by atoms with Gasteiger partial charge in [-0.15, -0.1) is 0 Å². The van der Waals surface area contributed by atoms with Gasteiger partial charge in [-0.25, -0.2) is 4.99 Å². The number of halogens is 1. The molecule has 1 aliphatic heterocycles. The van der Waals surface area contributed by atoms with Gasteiger partial charge in [-0.2, -0.15) is 9.97 Å². The van der Waals surface area contributed by atoms with Crippen molar-refractivity contribution in [2.75, 3.05) is 7.11 Å². The molecule has 0 unspecified atom stereocenters. The second-order valence-corrected chi connectivity index (χ2v) is 2.66. The van der Waals surface area contributed by atoms with E-state index in [4.69, 9.17) is 16.3 Å². The van der Waals surface area contributed by atoms with Gasteiger partial charge in [0.2, 0.25) is 11.2 Å². The summed E-state index contributed by atoms with van der Waals surface area (Å²) in [5.74, 6) is 1.13. The Morgan fingerprint density at radius 3 is 3.08 bits per heavy atom. The summed E-state index contributed by atoms with van der Waals surface area (Å²) in [6.45, 7) is 0. The molecule has 0 saturated heterocycles. The van der Waals surface area contributed by atoms with Crippen LogP contribution < -0.4 is 4.74 Å². The summed E-state index contributed by atoms with van der Waals surface area (Å²) < 4.78 is 5.02. The van der Waals surface area contributed by atoms with Crippen LogP contribution in [0.5, 0.6) is 5.88 Å². The highest BCUT2D eigenvalue weighted by Gasteiger charge is 2.16. The molecule has 4 nitrogen and oxygen atoms in total. The number of fused-ring (bicyclic) bond motifs is 1. The summed E-state index contributed by atoms with van der Waals surface area (Å²) in [6.07, 6.45) is 2.48. The van der Waals surface area contributed by atoms with Crippen LogP contribution in [0.3, 0.4) is 0 Å². The number of hydrogen-bond donors (Lipinski definition) is 0. The molecule has 0 N–H and O–H groups in total. The van der Waals surface area contributed by atoms with Crippen molar-refractivity contribution < 1.29 is 4.74 Å². The molecule has 0 aromatic carbocycles. The summed E-state index contributed by atoms with van der Waals surface area (Å²) in [7, 11) is 1.55. The Morgan fingerprint density at radius 2 is 2.33 bits per heavy atom. The molecule has 1 aromatic heterocycles. The molecule has 2 heterocycles. The highest BCUT2D eigenvalue weighted by atomic mass is 35.5. The van der Waals surface area contributed by atoms with Gasteiger partial charge in [0.15, 0.2) is 5.82 Å². The number of rotatable bonds is 1. The average molecular weight is 184 g/mol. The van der Waals surface area contributed by atoms with Crippen molar-refractivity contribution in [3.05, 3.63) is 10.8 Å². The average Bonchev–Trinajstić information content (AvgIpc) is 2.50. The summed E-state index contributed by atoms with van der Waals surface area (Å²) in [5.41, 5.74) is 0.905. The molecule has 0 radical (unpaired) electrons. The van der Waals surface area contributed by atoms with Crippen LogP contribution >= 0.6 is 11.6 Å². The lowest BCUT2D eigenvalue weighted by Crippen LogP contribution is -1.95. The Balaban J connectivity index is 2.59. The number of nitrogens with zero attached hydrogens (tertiary/aromatic N) is 3. The van der Waals surface area contributed by atoms with Crippen LogP contribution in [0, 0.1) is 0 Å². The van der Waals surface area contributed by atoms with E-state index < -0.39 is 0 Å².